The van der Waals surface area contributed by atoms with Gasteiger partial charge in [-0.05, 0) is 94.8 Å². The summed E-state index contributed by atoms with van der Waals surface area (Å²) in [6.45, 7) is 9.58. The number of likely N-dealkylation sites (N-methyl/N-ethyl adjacent to an activating group) is 1. The highest BCUT2D eigenvalue weighted by atomic mass is 19.1. The molecular weight excluding hydrogens is 521 g/mol. The maximum absolute atomic E-state index is 14.3. The molecule has 6 rings (SSSR count). The van der Waals surface area contributed by atoms with Gasteiger partial charge in [-0.1, -0.05) is 13.8 Å². The zero-order valence-electron chi connectivity index (χ0n) is 25.1. The van der Waals surface area contributed by atoms with E-state index in [1.807, 2.05) is 4.90 Å². The first kappa shape index (κ1) is 28.6. The van der Waals surface area contributed by atoms with E-state index in [0.29, 0.717) is 18.9 Å². The quantitative estimate of drug-likeness (QED) is 0.408. The Labute approximate surface area is 242 Å². The van der Waals surface area contributed by atoms with Gasteiger partial charge in [0.15, 0.2) is 11.6 Å². The predicted octanol–water partition coefficient (Wildman–Crippen LogP) is 3.22. The Bertz CT molecular complexity index is 1290. The number of hydrogen-bond acceptors (Lipinski definition) is 7. The van der Waals surface area contributed by atoms with E-state index in [1.54, 1.807) is 12.1 Å². The molecule has 41 heavy (non-hydrogen) atoms. The first-order valence-electron chi connectivity index (χ1n) is 15.4. The fraction of sp³-hybridized carbons (Fsp3) is 0.677. The smallest absolute Gasteiger partial charge is 0.240 e. The number of likely N-dealkylation sites (tertiary alicyclic amines) is 1. The number of halogens is 1. The number of imidazole rings is 1. The summed E-state index contributed by atoms with van der Waals surface area (Å²) in [4.78, 5) is 28.9. The van der Waals surface area contributed by atoms with Crippen LogP contribution in [0.3, 0.4) is 0 Å². The van der Waals surface area contributed by atoms with Gasteiger partial charge >= 0.3 is 0 Å². The van der Waals surface area contributed by atoms with Gasteiger partial charge in [0.25, 0.3) is 0 Å². The van der Waals surface area contributed by atoms with Crippen molar-refractivity contribution in [3.05, 3.63) is 46.3 Å². The summed E-state index contributed by atoms with van der Waals surface area (Å²) in [5.74, 6) is 1.01. The molecule has 4 aliphatic rings. The highest BCUT2D eigenvalue weighted by Crippen LogP contribution is 2.45. The van der Waals surface area contributed by atoms with Crippen molar-refractivity contribution < 1.29 is 14.3 Å². The standard InChI is InChI=1S/C31H46FN7O2/c1-6-10-38-15-25-24(14-26(38)30(41)39-16-31(3,17-39)37(4)5)33-29(34-25)28-20-9-8-19(11-23(20)35-36-28)21-13-22(32)27(40)12-18(21)7-2/h12-13,19-20,23,26,28,35-36,40H,6-11,14-17H2,1-5H3,(H,33,34)/t19?,20?,23?,26-,28?/m1/s1. The molecule has 4 N–H and O–H groups in total. The third-order valence-corrected chi connectivity index (χ3v) is 10.4. The molecule has 1 aromatic carbocycles. The lowest BCUT2D eigenvalue weighted by Gasteiger charge is -2.53. The van der Waals surface area contributed by atoms with Crippen molar-refractivity contribution >= 4 is 5.91 Å². The second-order valence-corrected chi connectivity index (χ2v) is 13.2. The van der Waals surface area contributed by atoms with Crippen molar-refractivity contribution in [1.29, 1.82) is 0 Å². The van der Waals surface area contributed by atoms with Crippen molar-refractivity contribution in [2.45, 2.75) is 95.4 Å². The number of aryl methyl sites for hydroxylation is 1. The lowest BCUT2D eigenvalue weighted by atomic mass is 9.73. The molecule has 0 spiro atoms. The third kappa shape index (κ3) is 5.07. The summed E-state index contributed by atoms with van der Waals surface area (Å²) in [6.07, 6.45) is 5.29. The van der Waals surface area contributed by atoms with Crippen LogP contribution in [0.15, 0.2) is 12.1 Å². The van der Waals surface area contributed by atoms with Crippen LogP contribution >= 0.6 is 0 Å². The van der Waals surface area contributed by atoms with E-state index in [2.05, 4.69) is 60.5 Å². The molecule has 4 unspecified atom stereocenters. The summed E-state index contributed by atoms with van der Waals surface area (Å²) >= 11 is 0. The van der Waals surface area contributed by atoms with E-state index in [-0.39, 0.29) is 41.2 Å². The molecule has 0 radical (unpaired) electrons. The molecule has 4 heterocycles. The number of nitrogens with zero attached hydrogens (tertiary/aromatic N) is 4. The van der Waals surface area contributed by atoms with E-state index in [9.17, 15) is 14.3 Å². The Morgan fingerprint density at radius 3 is 2.71 bits per heavy atom. The van der Waals surface area contributed by atoms with Crippen LogP contribution in [-0.2, 0) is 24.2 Å². The number of amides is 1. The number of phenols is 1. The first-order chi connectivity index (χ1) is 19.6. The molecular formula is C31H46FN7O2. The molecule has 0 bridgehead atoms. The summed E-state index contributed by atoms with van der Waals surface area (Å²) in [7, 11) is 4.17. The average molecular weight is 568 g/mol. The Kier molecular flexibility index (Phi) is 7.63. The van der Waals surface area contributed by atoms with Crippen LogP contribution in [0.2, 0.25) is 0 Å². The molecule has 9 nitrogen and oxygen atoms in total. The van der Waals surface area contributed by atoms with E-state index in [1.165, 1.54) is 0 Å². The number of fused-ring (bicyclic) bond motifs is 2. The molecule has 5 atom stereocenters. The second-order valence-electron chi connectivity index (χ2n) is 13.2. The number of phenolic OH excluding ortho intramolecular Hbond substituents is 1. The molecule has 1 amide bonds. The summed E-state index contributed by atoms with van der Waals surface area (Å²) in [5.41, 5.74) is 11.3. The van der Waals surface area contributed by atoms with Crippen LogP contribution in [0.25, 0.3) is 0 Å². The van der Waals surface area contributed by atoms with Gasteiger partial charge in [0.2, 0.25) is 5.91 Å². The van der Waals surface area contributed by atoms with Crippen LogP contribution < -0.4 is 10.9 Å². The summed E-state index contributed by atoms with van der Waals surface area (Å²) < 4.78 is 14.3. The first-order valence-corrected chi connectivity index (χ1v) is 15.4. The Hall–Kier alpha value is -2.53. The van der Waals surface area contributed by atoms with Gasteiger partial charge in [0, 0.05) is 32.1 Å². The number of carbonyl (C=O) groups is 1. The van der Waals surface area contributed by atoms with Gasteiger partial charge < -0.3 is 19.9 Å². The van der Waals surface area contributed by atoms with Gasteiger partial charge in [-0.2, -0.15) is 0 Å². The monoisotopic (exact) mass is 567 g/mol. The topological polar surface area (TPSA) is 99.8 Å². The maximum atomic E-state index is 14.3. The number of H-pyrrole nitrogens is 1. The number of hydrazine groups is 1. The number of nitrogens with one attached hydrogen (secondary N) is 3. The van der Waals surface area contributed by atoms with Crippen molar-refractivity contribution in [2.24, 2.45) is 5.92 Å². The normalized spacial score (nSPS) is 29.3. The highest BCUT2D eigenvalue weighted by molar-refractivity contribution is 5.83. The highest BCUT2D eigenvalue weighted by Gasteiger charge is 2.47. The minimum atomic E-state index is -0.536. The minimum Gasteiger partial charge on any atom is -0.505 e. The van der Waals surface area contributed by atoms with Crippen molar-refractivity contribution in [3.63, 3.8) is 0 Å². The number of aromatic hydroxyl groups is 1. The summed E-state index contributed by atoms with van der Waals surface area (Å²) in [6, 6.07) is 3.29. The lowest BCUT2D eigenvalue weighted by molar-refractivity contribution is -0.150. The molecule has 1 aliphatic carbocycles. The van der Waals surface area contributed by atoms with E-state index in [4.69, 9.17) is 4.98 Å². The fourth-order valence-electron chi connectivity index (χ4n) is 7.65. The van der Waals surface area contributed by atoms with Gasteiger partial charge in [-0.25, -0.2) is 14.8 Å². The van der Waals surface area contributed by atoms with Crippen LogP contribution in [-0.4, -0.2) is 87.0 Å². The van der Waals surface area contributed by atoms with Crippen LogP contribution in [0, 0.1) is 11.7 Å². The number of aromatic amines is 1. The minimum absolute atomic E-state index is 0.0514. The zero-order chi connectivity index (χ0) is 29.1. The SMILES string of the molecule is CCCN1Cc2[nH]c(C3NNC4CC(c5cc(F)c(O)cc5CC)CCC43)nc2C[C@@H]1C(=O)N1CC(C)(N(C)C)C1. The third-order valence-electron chi connectivity index (χ3n) is 10.4. The van der Waals surface area contributed by atoms with Crippen LogP contribution in [0.4, 0.5) is 4.39 Å². The van der Waals surface area contributed by atoms with E-state index >= 15 is 0 Å². The molecule has 2 aromatic rings. The van der Waals surface area contributed by atoms with Crippen molar-refractivity contribution in [3.8, 4) is 5.75 Å². The molecule has 2 saturated heterocycles. The Balaban J connectivity index is 1.15. The fourth-order valence-corrected chi connectivity index (χ4v) is 7.65. The van der Waals surface area contributed by atoms with E-state index < -0.39 is 5.82 Å². The molecule has 224 valence electrons. The van der Waals surface area contributed by atoms with Gasteiger partial charge in [0.05, 0.1) is 29.0 Å². The summed E-state index contributed by atoms with van der Waals surface area (Å²) in [5, 5.41) is 9.88. The number of benzene rings is 1. The Morgan fingerprint density at radius 1 is 1.22 bits per heavy atom. The number of carbonyl (C=O) groups excluding carboxylic acids is 1. The average Bonchev–Trinajstić information content (AvgIpc) is 3.54. The molecule has 1 aromatic heterocycles. The molecule has 3 fully saturated rings. The van der Waals surface area contributed by atoms with Gasteiger partial charge in [0.1, 0.15) is 5.82 Å². The van der Waals surface area contributed by atoms with Crippen LogP contribution in [0.5, 0.6) is 5.75 Å². The van der Waals surface area contributed by atoms with Crippen LogP contribution in [0.1, 0.15) is 86.8 Å². The largest absolute Gasteiger partial charge is 0.505 e. The zero-order valence-corrected chi connectivity index (χ0v) is 25.1. The number of aromatic nitrogens is 2. The van der Waals surface area contributed by atoms with Gasteiger partial charge in [-0.15, -0.1) is 0 Å². The molecule has 10 heteroatoms. The number of hydrogen-bond donors (Lipinski definition) is 4. The molecule has 1 saturated carbocycles. The molecule has 3 aliphatic heterocycles. The number of rotatable bonds is 7. The van der Waals surface area contributed by atoms with Crippen molar-refractivity contribution in [2.75, 3.05) is 33.7 Å². The van der Waals surface area contributed by atoms with Crippen molar-refractivity contribution in [1.82, 2.24) is 35.5 Å². The maximum Gasteiger partial charge on any atom is 0.240 e. The van der Waals surface area contributed by atoms with Gasteiger partial charge in [-0.3, -0.25) is 15.1 Å². The van der Waals surface area contributed by atoms with E-state index in [0.717, 1.165) is 80.1 Å². The Morgan fingerprint density at radius 2 is 2.00 bits per heavy atom. The second kappa shape index (κ2) is 10.9. The lowest BCUT2D eigenvalue weighted by Crippen LogP contribution is -2.70. The predicted molar refractivity (Wildman–Crippen MR) is 156 cm³/mol.